The van der Waals surface area contributed by atoms with E-state index in [1.807, 2.05) is 0 Å². The minimum Gasteiger partial charge on any atom is -0.497 e. The minimum atomic E-state index is -4.52. The van der Waals surface area contributed by atoms with Crippen molar-refractivity contribution >= 4 is 11.7 Å². The van der Waals surface area contributed by atoms with Gasteiger partial charge in [0.05, 0.1) is 31.6 Å². The minimum absolute atomic E-state index is 0.0351. The van der Waals surface area contributed by atoms with Crippen LogP contribution in [0.15, 0.2) is 54.9 Å². The lowest BCUT2D eigenvalue weighted by Gasteiger charge is -2.34. The van der Waals surface area contributed by atoms with Gasteiger partial charge < -0.3 is 15.4 Å². The van der Waals surface area contributed by atoms with Crippen LogP contribution in [0.25, 0.3) is 0 Å². The summed E-state index contributed by atoms with van der Waals surface area (Å²) < 4.78 is 47.3. The van der Waals surface area contributed by atoms with E-state index in [1.165, 1.54) is 7.11 Å². The van der Waals surface area contributed by atoms with Crippen molar-refractivity contribution in [3.63, 3.8) is 0 Å². The first-order valence-corrected chi connectivity index (χ1v) is 9.59. The lowest BCUT2D eigenvalue weighted by atomic mass is 9.96. The number of rotatable bonds is 5. The second-order valence-corrected chi connectivity index (χ2v) is 7.12. The number of nitrogens with one attached hydrogen (secondary N) is 2. The van der Waals surface area contributed by atoms with Gasteiger partial charge in [0, 0.05) is 12.6 Å². The van der Waals surface area contributed by atoms with E-state index in [0.717, 1.165) is 10.9 Å². The van der Waals surface area contributed by atoms with Crippen LogP contribution in [-0.2, 0) is 6.54 Å². The third-order valence-electron chi connectivity index (χ3n) is 5.16. The Labute approximate surface area is 176 Å². The molecule has 2 aromatic heterocycles. The molecule has 0 aliphatic carbocycles. The molecule has 0 saturated carbocycles. The van der Waals surface area contributed by atoms with Crippen molar-refractivity contribution in [2.45, 2.75) is 31.2 Å². The number of carbonyl (C=O) groups excluding carboxylic acids is 1. The summed E-state index contributed by atoms with van der Waals surface area (Å²) in [6.07, 6.45) is -2.02. The molecule has 31 heavy (non-hydrogen) atoms. The van der Waals surface area contributed by atoms with Crippen molar-refractivity contribution in [3.05, 3.63) is 71.7 Å². The van der Waals surface area contributed by atoms with Crippen molar-refractivity contribution in [1.82, 2.24) is 20.1 Å². The largest absolute Gasteiger partial charge is 0.497 e. The molecular weight excluding hydrogens is 411 g/mol. The molecular formula is C21H20F3N5O2. The Kier molecular flexibility index (Phi) is 5.53. The molecule has 3 aromatic rings. The molecule has 1 aromatic carbocycles. The van der Waals surface area contributed by atoms with Crippen molar-refractivity contribution in [2.75, 3.05) is 12.4 Å². The Balaban J connectivity index is 1.61. The molecule has 3 heterocycles. The molecule has 1 aliphatic heterocycles. The number of hydrogen-bond acceptors (Lipinski definition) is 5. The van der Waals surface area contributed by atoms with E-state index in [9.17, 15) is 18.0 Å². The van der Waals surface area contributed by atoms with Gasteiger partial charge in [0.25, 0.3) is 5.91 Å². The van der Waals surface area contributed by atoms with Gasteiger partial charge in [0.2, 0.25) is 0 Å². The monoisotopic (exact) mass is 431 g/mol. The summed E-state index contributed by atoms with van der Waals surface area (Å²) in [5, 5.41) is 9.62. The lowest BCUT2D eigenvalue weighted by molar-refractivity contribution is -0.173. The molecule has 4 rings (SSSR count). The summed E-state index contributed by atoms with van der Waals surface area (Å²) in [5.74, 6) is 0.107. The van der Waals surface area contributed by atoms with Crippen LogP contribution in [0, 0.1) is 0 Å². The molecule has 0 bridgehead atoms. The van der Waals surface area contributed by atoms with Gasteiger partial charge in [-0.05, 0) is 29.8 Å². The highest BCUT2D eigenvalue weighted by Gasteiger charge is 2.47. The number of nitrogens with zero attached hydrogens (tertiary/aromatic N) is 3. The molecule has 0 fully saturated rings. The zero-order valence-corrected chi connectivity index (χ0v) is 16.6. The first-order chi connectivity index (χ1) is 14.9. The molecule has 1 aliphatic rings. The number of hydrogen-bond donors (Lipinski definition) is 2. The maximum Gasteiger partial charge on any atom is 0.410 e. The van der Waals surface area contributed by atoms with Gasteiger partial charge >= 0.3 is 6.18 Å². The van der Waals surface area contributed by atoms with Gasteiger partial charge in [-0.25, -0.2) is 4.68 Å². The molecule has 2 N–H and O–H groups in total. The van der Waals surface area contributed by atoms with Crippen LogP contribution < -0.4 is 15.4 Å². The van der Waals surface area contributed by atoms with E-state index < -0.39 is 24.2 Å². The zero-order chi connectivity index (χ0) is 22.0. The number of ether oxygens (including phenoxy) is 1. The SMILES string of the molecule is COc1ccc(C2CC(C(F)(F)F)n3ncc(C(=O)NCc4ccccn4)c3N2)cc1. The third kappa shape index (κ3) is 4.32. The van der Waals surface area contributed by atoms with E-state index >= 15 is 0 Å². The number of anilines is 1. The van der Waals surface area contributed by atoms with E-state index in [-0.39, 0.29) is 24.3 Å². The van der Waals surface area contributed by atoms with Crippen LogP contribution in [0.2, 0.25) is 0 Å². The van der Waals surface area contributed by atoms with Crippen molar-refractivity contribution < 1.29 is 22.7 Å². The quantitative estimate of drug-likeness (QED) is 0.641. The van der Waals surface area contributed by atoms with Gasteiger partial charge in [-0.3, -0.25) is 9.78 Å². The van der Waals surface area contributed by atoms with Crippen molar-refractivity contribution in [3.8, 4) is 5.75 Å². The standard InChI is InChI=1S/C21H20F3N5O2/c1-31-15-7-5-13(6-8-15)17-10-18(21(22,23)24)29-19(28-17)16(12-27-29)20(30)26-11-14-4-2-3-9-25-14/h2-9,12,17-18,28H,10-11H2,1H3,(H,26,30). The second-order valence-electron chi connectivity index (χ2n) is 7.12. The van der Waals surface area contributed by atoms with Gasteiger partial charge in [0.15, 0.2) is 6.04 Å². The van der Waals surface area contributed by atoms with E-state index in [2.05, 4.69) is 20.7 Å². The van der Waals surface area contributed by atoms with Crippen molar-refractivity contribution in [1.29, 1.82) is 0 Å². The highest BCUT2D eigenvalue weighted by atomic mass is 19.4. The van der Waals surface area contributed by atoms with Crippen LogP contribution in [0.3, 0.4) is 0 Å². The third-order valence-corrected chi connectivity index (χ3v) is 5.16. The Hall–Kier alpha value is -3.56. The molecule has 2 atom stereocenters. The van der Waals surface area contributed by atoms with E-state index in [1.54, 1.807) is 48.7 Å². The topological polar surface area (TPSA) is 81.1 Å². The summed E-state index contributed by atoms with van der Waals surface area (Å²) in [6, 6.07) is 9.56. The van der Waals surface area contributed by atoms with Crippen LogP contribution in [0.4, 0.5) is 19.0 Å². The summed E-state index contributed by atoms with van der Waals surface area (Å²) in [6.45, 7) is 0.148. The van der Waals surface area contributed by atoms with Gasteiger partial charge in [-0.2, -0.15) is 18.3 Å². The molecule has 0 radical (unpaired) electrons. The first kappa shape index (κ1) is 20.7. The number of amides is 1. The highest BCUT2D eigenvalue weighted by molar-refractivity contribution is 5.98. The maximum atomic E-state index is 13.8. The highest BCUT2D eigenvalue weighted by Crippen LogP contribution is 2.44. The molecule has 162 valence electrons. The van der Waals surface area contributed by atoms with E-state index in [0.29, 0.717) is 17.0 Å². The normalized spacial score (nSPS) is 18.1. The molecule has 7 nitrogen and oxygen atoms in total. The Morgan fingerprint density at radius 3 is 2.68 bits per heavy atom. The number of benzene rings is 1. The average Bonchev–Trinajstić information content (AvgIpc) is 3.21. The first-order valence-electron chi connectivity index (χ1n) is 9.59. The van der Waals surface area contributed by atoms with Crippen LogP contribution in [0.1, 0.15) is 40.1 Å². The lowest BCUT2D eigenvalue weighted by Crippen LogP contribution is -2.36. The second kappa shape index (κ2) is 8.29. The Morgan fingerprint density at radius 2 is 2.03 bits per heavy atom. The number of fused-ring (bicyclic) bond motifs is 1. The smallest absolute Gasteiger partial charge is 0.410 e. The molecule has 2 unspecified atom stereocenters. The van der Waals surface area contributed by atoms with Crippen molar-refractivity contribution in [2.24, 2.45) is 0 Å². The fourth-order valence-electron chi connectivity index (χ4n) is 3.55. The zero-order valence-electron chi connectivity index (χ0n) is 16.6. The number of methoxy groups -OCH3 is 1. The number of alkyl halides is 3. The average molecular weight is 431 g/mol. The summed E-state index contributed by atoms with van der Waals surface area (Å²) in [5.41, 5.74) is 1.33. The van der Waals surface area contributed by atoms with Gasteiger partial charge in [-0.15, -0.1) is 0 Å². The Bertz CT molecular complexity index is 1050. The summed E-state index contributed by atoms with van der Waals surface area (Å²) in [4.78, 5) is 16.8. The molecule has 10 heteroatoms. The molecule has 0 spiro atoms. The molecule has 0 saturated heterocycles. The predicted octanol–water partition coefficient (Wildman–Crippen LogP) is 3.88. The number of aromatic nitrogens is 3. The fraction of sp³-hybridized carbons (Fsp3) is 0.286. The predicted molar refractivity (Wildman–Crippen MR) is 107 cm³/mol. The maximum absolute atomic E-state index is 13.8. The van der Waals surface area contributed by atoms with Gasteiger partial charge in [0.1, 0.15) is 17.1 Å². The fourth-order valence-corrected chi connectivity index (χ4v) is 3.55. The van der Waals surface area contributed by atoms with Crippen LogP contribution in [0.5, 0.6) is 5.75 Å². The number of halogens is 3. The summed E-state index contributed by atoms with van der Waals surface area (Å²) >= 11 is 0. The van der Waals surface area contributed by atoms with Crippen LogP contribution in [-0.4, -0.2) is 34.0 Å². The molecule has 1 amide bonds. The number of carbonyl (C=O) groups is 1. The van der Waals surface area contributed by atoms with E-state index in [4.69, 9.17) is 4.74 Å². The summed E-state index contributed by atoms with van der Waals surface area (Å²) in [7, 11) is 1.52. The Morgan fingerprint density at radius 1 is 1.26 bits per heavy atom. The van der Waals surface area contributed by atoms with Crippen LogP contribution >= 0.6 is 0 Å². The van der Waals surface area contributed by atoms with Gasteiger partial charge in [-0.1, -0.05) is 18.2 Å². The number of pyridine rings is 1.